The smallest absolute Gasteiger partial charge is 0.329 e. The third kappa shape index (κ3) is 7.18. The fourth-order valence-corrected chi connectivity index (χ4v) is 7.90. The van der Waals surface area contributed by atoms with Crippen molar-refractivity contribution < 1.29 is 33.3 Å². The van der Waals surface area contributed by atoms with E-state index in [1.807, 2.05) is 72.7 Å². The molecule has 10 heteroatoms. The van der Waals surface area contributed by atoms with Gasteiger partial charge in [0.2, 0.25) is 11.8 Å². The maximum absolute atomic E-state index is 14.6. The van der Waals surface area contributed by atoms with E-state index < -0.39 is 41.0 Å². The van der Waals surface area contributed by atoms with E-state index >= 15 is 0 Å². The summed E-state index contributed by atoms with van der Waals surface area (Å²) in [6.45, 7) is 13.3. The topological polar surface area (TPSA) is 117 Å². The van der Waals surface area contributed by atoms with E-state index in [4.69, 9.17) is 28.9 Å². The number of carbonyl (C=O) groups is 3. The normalized spacial score (nSPS) is 31.8. The molecule has 10 nitrogen and oxygen atoms in total. The highest BCUT2D eigenvalue weighted by Crippen LogP contribution is 2.58. The molecule has 1 saturated heterocycles. The Morgan fingerprint density at radius 3 is 2.46 bits per heavy atom. The van der Waals surface area contributed by atoms with Crippen LogP contribution in [0.3, 0.4) is 0 Å². The maximum atomic E-state index is 14.6. The zero-order valence-corrected chi connectivity index (χ0v) is 29.7. The highest BCUT2D eigenvalue weighted by molar-refractivity contribution is 5.89. The molecular formula is C38H51N3O7. The number of fused-ring (bicyclic) bond motifs is 7. The molecule has 3 heterocycles. The second-order valence-corrected chi connectivity index (χ2v) is 16.3. The summed E-state index contributed by atoms with van der Waals surface area (Å²) in [6, 6.07) is 4.63. The number of nitrogens with zero attached hydrogens (tertiary/aromatic N) is 3. The van der Waals surface area contributed by atoms with Crippen LogP contribution >= 0.6 is 0 Å². The van der Waals surface area contributed by atoms with Gasteiger partial charge in [-0.15, -0.1) is 0 Å². The van der Waals surface area contributed by atoms with Gasteiger partial charge in [-0.25, -0.2) is 14.8 Å². The Labute approximate surface area is 283 Å². The molecule has 1 amide bonds. The molecule has 8 atom stereocenters. The van der Waals surface area contributed by atoms with Crippen molar-refractivity contribution in [2.45, 2.75) is 111 Å². The standard InChI is InChI=1S/C38H51N3O7/c1-21-31-20-41(33(21)36(44)48-38(5,6)7)35(43)26(37(2,3)4)19-32(42)46-30-17-22-16-25(22)24(30)12-10-9-11-13-28-34(47-31)40-29-18-23(45-8)14-15-27(29)39-28/h11,13-15,18,21-22,24-26,30-31,33H,9-10,12,16-17,19-20H2,1-8H3/b13-11+/t21-,22+,24-,25+,26-,30-,31+,33+/m1/s1. The van der Waals surface area contributed by atoms with E-state index in [1.165, 1.54) is 6.42 Å². The minimum atomic E-state index is -0.913. The number of benzene rings is 1. The van der Waals surface area contributed by atoms with Gasteiger partial charge in [0.15, 0.2) is 0 Å². The van der Waals surface area contributed by atoms with Gasteiger partial charge in [0.1, 0.15) is 35.3 Å². The largest absolute Gasteiger partial charge is 0.497 e. The van der Waals surface area contributed by atoms with Crippen molar-refractivity contribution in [1.29, 1.82) is 0 Å². The molecule has 4 aliphatic rings. The lowest BCUT2D eigenvalue weighted by atomic mass is 9.77. The zero-order valence-electron chi connectivity index (χ0n) is 29.7. The first-order valence-corrected chi connectivity index (χ1v) is 17.5. The number of hydrogen-bond donors (Lipinski definition) is 0. The number of carbonyl (C=O) groups excluding carboxylic acids is 3. The Hall–Kier alpha value is -3.69. The van der Waals surface area contributed by atoms with Crippen molar-refractivity contribution in [3.63, 3.8) is 0 Å². The van der Waals surface area contributed by atoms with Crippen LogP contribution in [0, 0.1) is 35.0 Å². The molecule has 6 rings (SSSR count). The van der Waals surface area contributed by atoms with E-state index in [1.54, 1.807) is 12.0 Å². The van der Waals surface area contributed by atoms with Crippen molar-refractivity contribution in [1.82, 2.24) is 14.9 Å². The van der Waals surface area contributed by atoms with Crippen LogP contribution in [-0.2, 0) is 23.9 Å². The van der Waals surface area contributed by atoms with Crippen molar-refractivity contribution >= 4 is 35.0 Å². The summed E-state index contributed by atoms with van der Waals surface area (Å²) in [6.07, 6.45) is 8.17. The van der Waals surface area contributed by atoms with E-state index in [0.29, 0.717) is 46.1 Å². The number of methoxy groups -OCH3 is 1. The molecule has 0 unspecified atom stereocenters. The number of rotatable bonds is 2. The Balaban J connectivity index is 1.40. The lowest BCUT2D eigenvalue weighted by molar-refractivity contribution is -0.167. The molecule has 1 aromatic heterocycles. The Kier molecular flexibility index (Phi) is 9.24. The van der Waals surface area contributed by atoms with Crippen LogP contribution in [0.5, 0.6) is 11.6 Å². The number of amides is 1. The molecule has 260 valence electrons. The fourth-order valence-electron chi connectivity index (χ4n) is 7.90. The zero-order chi connectivity index (χ0) is 34.5. The van der Waals surface area contributed by atoms with Gasteiger partial charge in [-0.1, -0.05) is 33.8 Å². The van der Waals surface area contributed by atoms with Gasteiger partial charge in [0, 0.05) is 12.0 Å². The van der Waals surface area contributed by atoms with Gasteiger partial charge in [0.25, 0.3) is 0 Å². The lowest BCUT2D eigenvalue weighted by Gasteiger charge is -2.35. The van der Waals surface area contributed by atoms with Crippen molar-refractivity contribution in [2.75, 3.05) is 13.7 Å². The fraction of sp³-hybridized carbons (Fsp3) is 0.658. The quantitative estimate of drug-likeness (QED) is 0.338. The molecule has 2 bridgehead atoms. The molecule has 48 heavy (non-hydrogen) atoms. The van der Waals surface area contributed by atoms with Crippen LogP contribution in [0.2, 0.25) is 0 Å². The summed E-state index contributed by atoms with van der Waals surface area (Å²) in [4.78, 5) is 53.3. The number of ether oxygens (including phenoxy) is 4. The first-order valence-electron chi connectivity index (χ1n) is 17.5. The molecule has 0 spiro atoms. The predicted octanol–water partition coefficient (Wildman–Crippen LogP) is 6.39. The third-order valence-electron chi connectivity index (χ3n) is 10.6. The van der Waals surface area contributed by atoms with E-state index in [0.717, 1.165) is 25.7 Å². The first kappa shape index (κ1) is 34.2. The highest BCUT2D eigenvalue weighted by atomic mass is 16.6. The maximum Gasteiger partial charge on any atom is 0.329 e. The van der Waals surface area contributed by atoms with Gasteiger partial charge in [0.05, 0.1) is 37.0 Å². The van der Waals surface area contributed by atoms with Crippen LogP contribution in [0.25, 0.3) is 17.1 Å². The number of hydrogen-bond acceptors (Lipinski definition) is 9. The van der Waals surface area contributed by atoms with Gasteiger partial charge < -0.3 is 23.8 Å². The summed E-state index contributed by atoms with van der Waals surface area (Å²) >= 11 is 0. The lowest BCUT2D eigenvalue weighted by Crippen LogP contribution is -2.50. The molecule has 2 saturated carbocycles. The summed E-state index contributed by atoms with van der Waals surface area (Å²) in [5.74, 6) is 0.271. The molecule has 2 aliphatic heterocycles. The summed E-state index contributed by atoms with van der Waals surface area (Å²) < 4.78 is 24.1. The van der Waals surface area contributed by atoms with Gasteiger partial charge in [-0.05, 0) is 94.3 Å². The van der Waals surface area contributed by atoms with Crippen LogP contribution in [-0.4, -0.2) is 70.2 Å². The molecule has 1 aromatic carbocycles. The van der Waals surface area contributed by atoms with E-state index in [-0.39, 0.29) is 30.9 Å². The van der Waals surface area contributed by atoms with Crippen LogP contribution in [0.15, 0.2) is 24.3 Å². The molecule has 2 aliphatic carbocycles. The molecular weight excluding hydrogens is 610 g/mol. The van der Waals surface area contributed by atoms with E-state index in [9.17, 15) is 14.4 Å². The molecule has 0 radical (unpaired) electrons. The van der Waals surface area contributed by atoms with Crippen LogP contribution < -0.4 is 9.47 Å². The number of allylic oxidation sites excluding steroid dienone is 1. The number of aromatic nitrogens is 2. The monoisotopic (exact) mass is 661 g/mol. The molecule has 0 N–H and O–H groups in total. The van der Waals surface area contributed by atoms with E-state index in [2.05, 4.69) is 6.08 Å². The number of esters is 2. The average molecular weight is 662 g/mol. The third-order valence-corrected chi connectivity index (χ3v) is 10.6. The Morgan fingerprint density at radius 2 is 1.75 bits per heavy atom. The van der Waals surface area contributed by atoms with Gasteiger partial charge >= 0.3 is 11.9 Å². The van der Waals surface area contributed by atoms with Crippen molar-refractivity contribution in [2.24, 2.45) is 35.0 Å². The Morgan fingerprint density at radius 1 is 0.979 bits per heavy atom. The Bertz CT molecular complexity index is 1590. The van der Waals surface area contributed by atoms with Crippen molar-refractivity contribution in [3.05, 3.63) is 30.0 Å². The van der Waals surface area contributed by atoms with Gasteiger partial charge in [-0.3, -0.25) is 9.59 Å². The molecule has 3 fully saturated rings. The van der Waals surface area contributed by atoms with Crippen molar-refractivity contribution in [3.8, 4) is 11.6 Å². The second-order valence-electron chi connectivity index (χ2n) is 16.3. The summed E-state index contributed by atoms with van der Waals surface area (Å²) in [7, 11) is 1.60. The second kappa shape index (κ2) is 13.0. The van der Waals surface area contributed by atoms with Gasteiger partial charge in [-0.2, -0.15) is 0 Å². The first-order chi connectivity index (χ1) is 22.6. The minimum Gasteiger partial charge on any atom is -0.497 e. The summed E-state index contributed by atoms with van der Waals surface area (Å²) in [5, 5.41) is 0. The van der Waals surface area contributed by atoms with Crippen LogP contribution in [0.1, 0.15) is 92.7 Å². The van der Waals surface area contributed by atoms with Crippen LogP contribution in [0.4, 0.5) is 0 Å². The summed E-state index contributed by atoms with van der Waals surface area (Å²) in [5.41, 5.74) is 0.570. The minimum absolute atomic E-state index is 0.0524. The SMILES string of the molecule is COc1ccc2nc3c(nc2c1)O[C@H]1CN(C(=O)[C@H](C(C)(C)C)CC(=O)O[C@@H]2C[C@@H]4C[C@@H]4[C@H]2CCC/C=C/3)[C@H](C(=O)OC(C)(C)C)[C@@H]1C. The highest BCUT2D eigenvalue weighted by Gasteiger charge is 2.55. The predicted molar refractivity (Wildman–Crippen MR) is 181 cm³/mol. The molecule has 2 aromatic rings. The average Bonchev–Trinajstić information content (AvgIpc) is 3.57.